The summed E-state index contributed by atoms with van der Waals surface area (Å²) in [7, 11) is 0.222. The van der Waals surface area contributed by atoms with E-state index in [-0.39, 0.29) is 16.1 Å². The second kappa shape index (κ2) is 5.71. The van der Waals surface area contributed by atoms with E-state index in [1.807, 2.05) is 45.8 Å². The van der Waals surface area contributed by atoms with Crippen LogP contribution < -0.4 is 10.5 Å². The third-order valence-electron chi connectivity index (χ3n) is 3.88. The molecule has 1 rings (SSSR count). The van der Waals surface area contributed by atoms with E-state index in [0.29, 0.717) is 12.1 Å². The molecule has 0 heterocycles. The van der Waals surface area contributed by atoms with Crippen molar-refractivity contribution in [2.45, 2.75) is 38.1 Å². The van der Waals surface area contributed by atoms with E-state index in [1.165, 1.54) is 0 Å². The SMILES string of the molecule is Cc1ccc(N)c(S(=O)(=O)NCC(C)(C)N(C)C)c1C. The standard InChI is InChI=1S/C14H25N3O2S/c1-10-7-8-12(15)13(11(10)2)20(18,19)16-9-14(3,4)17(5)6/h7-8,16H,9,15H2,1-6H3. The molecule has 1 aromatic rings. The number of nitrogens with zero attached hydrogens (tertiary/aromatic N) is 1. The number of nitrogens with two attached hydrogens (primary N) is 1. The van der Waals surface area contributed by atoms with Gasteiger partial charge in [0.1, 0.15) is 4.90 Å². The van der Waals surface area contributed by atoms with E-state index in [0.717, 1.165) is 5.56 Å². The molecule has 0 bridgehead atoms. The average molecular weight is 299 g/mol. The molecule has 0 spiro atoms. The molecule has 0 amide bonds. The highest BCUT2D eigenvalue weighted by molar-refractivity contribution is 7.89. The molecule has 0 unspecified atom stereocenters. The van der Waals surface area contributed by atoms with Gasteiger partial charge in [0.15, 0.2) is 0 Å². The molecule has 0 saturated carbocycles. The third-order valence-corrected chi connectivity index (χ3v) is 5.49. The summed E-state index contributed by atoms with van der Waals surface area (Å²) >= 11 is 0. The first-order valence-electron chi connectivity index (χ1n) is 6.52. The summed E-state index contributed by atoms with van der Waals surface area (Å²) in [5, 5.41) is 0. The molecule has 0 radical (unpaired) electrons. The first-order valence-corrected chi connectivity index (χ1v) is 8.00. The molecular weight excluding hydrogens is 274 g/mol. The fraction of sp³-hybridized carbons (Fsp3) is 0.571. The number of nitrogen functional groups attached to an aromatic ring is 1. The molecule has 1 aromatic carbocycles. The normalized spacial score (nSPS) is 12.9. The van der Waals surface area contributed by atoms with E-state index < -0.39 is 10.0 Å². The smallest absolute Gasteiger partial charge is 0.242 e. The zero-order chi connectivity index (χ0) is 15.7. The predicted octanol–water partition coefficient (Wildman–Crippen LogP) is 1.50. The van der Waals surface area contributed by atoms with Crippen molar-refractivity contribution in [2.24, 2.45) is 0 Å². The number of rotatable bonds is 5. The lowest BCUT2D eigenvalue weighted by Crippen LogP contribution is -2.48. The van der Waals surface area contributed by atoms with Gasteiger partial charge in [-0.3, -0.25) is 0 Å². The maximum Gasteiger partial charge on any atom is 0.242 e. The van der Waals surface area contributed by atoms with Crippen LogP contribution in [0.4, 0.5) is 5.69 Å². The Morgan fingerprint density at radius 3 is 2.30 bits per heavy atom. The Balaban J connectivity index is 3.11. The van der Waals surface area contributed by atoms with E-state index in [9.17, 15) is 8.42 Å². The monoisotopic (exact) mass is 299 g/mol. The minimum absolute atomic E-state index is 0.187. The summed E-state index contributed by atoms with van der Waals surface area (Å²) in [6, 6.07) is 3.46. The lowest BCUT2D eigenvalue weighted by Gasteiger charge is -2.32. The van der Waals surface area contributed by atoms with Crippen molar-refractivity contribution in [3.8, 4) is 0 Å². The van der Waals surface area contributed by atoms with Gasteiger partial charge in [0, 0.05) is 12.1 Å². The minimum atomic E-state index is -3.61. The van der Waals surface area contributed by atoms with Gasteiger partial charge in [-0.2, -0.15) is 0 Å². The maximum atomic E-state index is 12.5. The van der Waals surface area contributed by atoms with Gasteiger partial charge in [-0.05, 0) is 59.0 Å². The van der Waals surface area contributed by atoms with Gasteiger partial charge in [0.05, 0.1) is 5.69 Å². The summed E-state index contributed by atoms with van der Waals surface area (Å²) in [5.41, 5.74) is 7.45. The molecule has 0 aromatic heterocycles. The molecule has 20 heavy (non-hydrogen) atoms. The number of nitrogens with one attached hydrogen (secondary N) is 1. The van der Waals surface area contributed by atoms with Crippen LogP contribution in [0.2, 0.25) is 0 Å². The highest BCUT2D eigenvalue weighted by Crippen LogP contribution is 2.25. The van der Waals surface area contributed by atoms with Gasteiger partial charge >= 0.3 is 0 Å². The highest BCUT2D eigenvalue weighted by atomic mass is 32.2. The molecule has 0 atom stereocenters. The zero-order valence-corrected chi connectivity index (χ0v) is 13.9. The fourth-order valence-electron chi connectivity index (χ4n) is 1.67. The molecule has 0 fully saturated rings. The Hall–Kier alpha value is -1.11. The van der Waals surface area contributed by atoms with Gasteiger partial charge in [0.25, 0.3) is 0 Å². The second-order valence-corrected chi connectivity index (χ2v) is 7.66. The van der Waals surface area contributed by atoms with Crippen LogP contribution in [0.5, 0.6) is 0 Å². The van der Waals surface area contributed by atoms with Gasteiger partial charge < -0.3 is 10.6 Å². The minimum Gasteiger partial charge on any atom is -0.398 e. The summed E-state index contributed by atoms with van der Waals surface area (Å²) in [4.78, 5) is 2.16. The first kappa shape index (κ1) is 16.9. The van der Waals surface area contributed by atoms with Crippen LogP contribution in [0.15, 0.2) is 17.0 Å². The number of hydrogen-bond acceptors (Lipinski definition) is 4. The third kappa shape index (κ3) is 3.50. The van der Waals surface area contributed by atoms with E-state index in [2.05, 4.69) is 4.72 Å². The van der Waals surface area contributed by atoms with Crippen molar-refractivity contribution in [1.82, 2.24) is 9.62 Å². The Morgan fingerprint density at radius 2 is 1.80 bits per heavy atom. The lowest BCUT2D eigenvalue weighted by atomic mass is 10.1. The maximum absolute atomic E-state index is 12.5. The van der Waals surface area contributed by atoms with Crippen LogP contribution >= 0.6 is 0 Å². The molecule has 3 N–H and O–H groups in total. The van der Waals surface area contributed by atoms with Gasteiger partial charge in [-0.15, -0.1) is 0 Å². The zero-order valence-electron chi connectivity index (χ0n) is 13.1. The topological polar surface area (TPSA) is 75.4 Å². The first-order chi connectivity index (χ1) is 8.99. The number of sulfonamides is 1. The van der Waals surface area contributed by atoms with E-state index in [4.69, 9.17) is 5.73 Å². The lowest BCUT2D eigenvalue weighted by molar-refractivity contribution is 0.199. The summed E-state index contributed by atoms with van der Waals surface area (Å²) in [6.45, 7) is 7.91. The van der Waals surface area contributed by atoms with Gasteiger partial charge in [-0.25, -0.2) is 13.1 Å². The van der Waals surface area contributed by atoms with Crippen molar-refractivity contribution < 1.29 is 8.42 Å². The Bertz CT molecular complexity index is 593. The van der Waals surface area contributed by atoms with Crippen LogP contribution in [0.3, 0.4) is 0 Å². The quantitative estimate of drug-likeness (QED) is 0.808. The van der Waals surface area contributed by atoms with E-state index in [1.54, 1.807) is 13.0 Å². The van der Waals surface area contributed by atoms with Crippen molar-refractivity contribution in [1.29, 1.82) is 0 Å². The Morgan fingerprint density at radius 1 is 1.25 bits per heavy atom. The highest BCUT2D eigenvalue weighted by Gasteiger charge is 2.26. The Kier molecular flexibility index (Phi) is 4.84. The van der Waals surface area contributed by atoms with Gasteiger partial charge in [-0.1, -0.05) is 6.07 Å². The number of likely N-dealkylation sites (N-methyl/N-ethyl adjacent to an activating group) is 1. The van der Waals surface area contributed by atoms with Crippen LogP contribution in [0, 0.1) is 13.8 Å². The van der Waals surface area contributed by atoms with Crippen molar-refractivity contribution in [2.75, 3.05) is 26.4 Å². The molecule has 0 aliphatic heterocycles. The number of aryl methyl sites for hydroxylation is 1. The molecule has 114 valence electrons. The van der Waals surface area contributed by atoms with Crippen molar-refractivity contribution >= 4 is 15.7 Å². The summed E-state index contributed by atoms with van der Waals surface area (Å²) in [6.07, 6.45) is 0. The van der Waals surface area contributed by atoms with Crippen LogP contribution in [-0.4, -0.2) is 39.5 Å². The number of anilines is 1. The van der Waals surface area contributed by atoms with Crippen LogP contribution in [0.25, 0.3) is 0 Å². The molecule has 0 aliphatic carbocycles. The fourth-order valence-corrected chi connectivity index (χ4v) is 3.30. The average Bonchev–Trinajstić information content (AvgIpc) is 2.32. The number of hydrogen-bond donors (Lipinski definition) is 2. The van der Waals surface area contributed by atoms with Crippen molar-refractivity contribution in [3.05, 3.63) is 23.3 Å². The van der Waals surface area contributed by atoms with E-state index >= 15 is 0 Å². The van der Waals surface area contributed by atoms with Crippen molar-refractivity contribution in [3.63, 3.8) is 0 Å². The molecule has 0 aliphatic rings. The molecule has 5 nitrogen and oxygen atoms in total. The molecule has 6 heteroatoms. The predicted molar refractivity (Wildman–Crippen MR) is 83.3 cm³/mol. The summed E-state index contributed by atoms with van der Waals surface area (Å²) in [5.74, 6) is 0. The molecular formula is C14H25N3O2S. The number of benzene rings is 1. The van der Waals surface area contributed by atoms with Crippen LogP contribution in [0.1, 0.15) is 25.0 Å². The Labute approximate surface area is 122 Å². The van der Waals surface area contributed by atoms with Gasteiger partial charge in [0.2, 0.25) is 10.0 Å². The largest absolute Gasteiger partial charge is 0.398 e. The molecule has 0 saturated heterocycles. The van der Waals surface area contributed by atoms with Crippen LogP contribution in [-0.2, 0) is 10.0 Å². The second-order valence-electron chi connectivity index (χ2n) is 5.96. The summed E-state index contributed by atoms with van der Waals surface area (Å²) < 4.78 is 27.6.